The van der Waals surface area contributed by atoms with Gasteiger partial charge in [0.15, 0.2) is 0 Å². The number of methoxy groups -OCH3 is 1. The highest BCUT2D eigenvalue weighted by molar-refractivity contribution is 7.99. The number of ether oxygens (including phenoxy) is 1. The Morgan fingerprint density at radius 2 is 1.62 bits per heavy atom. The number of hydrogen-bond donors (Lipinski definition) is 0. The van der Waals surface area contributed by atoms with Gasteiger partial charge in [0.2, 0.25) is 0 Å². The van der Waals surface area contributed by atoms with E-state index in [1.807, 2.05) is 0 Å². The number of unbranched alkanes of at least 4 members (excludes halogenated alkanes) is 4. The van der Waals surface area contributed by atoms with Gasteiger partial charge < -0.3 is 4.74 Å². The van der Waals surface area contributed by atoms with Crippen LogP contribution in [-0.2, 0) is 4.74 Å². The van der Waals surface area contributed by atoms with Gasteiger partial charge in [0.05, 0.1) is 0 Å². The minimum absolute atomic E-state index is 0.934. The van der Waals surface area contributed by atoms with Crippen molar-refractivity contribution in [2.45, 2.75) is 45.4 Å². The molecule has 0 aromatic rings. The molecular weight excluding hydrogens is 180 g/mol. The van der Waals surface area contributed by atoms with Gasteiger partial charge in [0.25, 0.3) is 0 Å². The van der Waals surface area contributed by atoms with Crippen LogP contribution >= 0.6 is 11.8 Å². The molecule has 13 heavy (non-hydrogen) atoms. The predicted octanol–water partition coefficient (Wildman–Crippen LogP) is 3.73. The van der Waals surface area contributed by atoms with Gasteiger partial charge in [-0.05, 0) is 30.8 Å². The van der Waals surface area contributed by atoms with Gasteiger partial charge in [0.1, 0.15) is 0 Å². The maximum absolute atomic E-state index is 5.00. The molecule has 0 aromatic heterocycles. The molecule has 0 bridgehead atoms. The molecule has 0 aliphatic rings. The molecule has 0 atom stereocenters. The fourth-order valence-corrected chi connectivity index (χ4v) is 2.26. The first-order valence-electron chi connectivity index (χ1n) is 5.48. The van der Waals surface area contributed by atoms with E-state index in [-0.39, 0.29) is 0 Å². The summed E-state index contributed by atoms with van der Waals surface area (Å²) in [5.74, 6) is 2.71. The summed E-state index contributed by atoms with van der Waals surface area (Å²) >= 11 is 2.11. The van der Waals surface area contributed by atoms with Crippen molar-refractivity contribution in [1.29, 1.82) is 0 Å². The molecule has 0 aliphatic carbocycles. The van der Waals surface area contributed by atoms with Crippen molar-refractivity contribution >= 4 is 11.8 Å². The zero-order valence-electron chi connectivity index (χ0n) is 9.18. The lowest BCUT2D eigenvalue weighted by atomic mass is 10.2. The van der Waals surface area contributed by atoms with E-state index >= 15 is 0 Å². The molecule has 0 fully saturated rings. The van der Waals surface area contributed by atoms with E-state index in [2.05, 4.69) is 18.7 Å². The average molecular weight is 204 g/mol. The quantitative estimate of drug-likeness (QED) is 0.502. The molecule has 0 rings (SSSR count). The predicted molar refractivity (Wildman–Crippen MR) is 62.6 cm³/mol. The van der Waals surface area contributed by atoms with Crippen LogP contribution in [-0.4, -0.2) is 25.2 Å². The summed E-state index contributed by atoms with van der Waals surface area (Å²) in [6, 6.07) is 0. The Morgan fingerprint density at radius 1 is 0.923 bits per heavy atom. The molecule has 0 aromatic carbocycles. The Bertz CT molecular complexity index is 76.2. The minimum atomic E-state index is 0.934. The second-order valence-electron chi connectivity index (χ2n) is 3.37. The van der Waals surface area contributed by atoms with Gasteiger partial charge in [-0.2, -0.15) is 11.8 Å². The number of rotatable bonds is 10. The molecule has 80 valence electrons. The largest absolute Gasteiger partial charge is 0.385 e. The van der Waals surface area contributed by atoms with Crippen LogP contribution in [0.4, 0.5) is 0 Å². The van der Waals surface area contributed by atoms with Crippen molar-refractivity contribution in [1.82, 2.24) is 0 Å². The zero-order chi connectivity index (χ0) is 9.78. The van der Waals surface area contributed by atoms with Gasteiger partial charge in [-0.25, -0.2) is 0 Å². The van der Waals surface area contributed by atoms with Crippen molar-refractivity contribution in [3.63, 3.8) is 0 Å². The Kier molecular flexibility index (Phi) is 12.6. The van der Waals surface area contributed by atoms with Gasteiger partial charge >= 0.3 is 0 Å². The summed E-state index contributed by atoms with van der Waals surface area (Å²) < 4.78 is 5.00. The third-order valence-electron chi connectivity index (χ3n) is 2.03. The highest BCUT2D eigenvalue weighted by Gasteiger charge is 1.91. The summed E-state index contributed by atoms with van der Waals surface area (Å²) in [5, 5.41) is 0. The fourth-order valence-electron chi connectivity index (χ4n) is 1.15. The van der Waals surface area contributed by atoms with E-state index in [0.29, 0.717) is 0 Å². The standard InChI is InChI=1S/C11H24OS/c1-3-4-10-13-11-8-6-5-7-9-12-2/h3-11H2,1-2H3. The monoisotopic (exact) mass is 204 g/mol. The highest BCUT2D eigenvalue weighted by atomic mass is 32.2. The van der Waals surface area contributed by atoms with Crippen molar-refractivity contribution < 1.29 is 4.74 Å². The van der Waals surface area contributed by atoms with Crippen LogP contribution in [0.3, 0.4) is 0 Å². The second kappa shape index (κ2) is 12.3. The van der Waals surface area contributed by atoms with E-state index in [1.165, 1.54) is 50.0 Å². The third-order valence-corrected chi connectivity index (χ3v) is 3.18. The fraction of sp³-hybridized carbons (Fsp3) is 1.00. The molecule has 0 saturated carbocycles. The summed E-state index contributed by atoms with van der Waals surface area (Å²) in [6.07, 6.45) is 8.05. The SMILES string of the molecule is CCCCSCCCCCCOC. The smallest absolute Gasteiger partial charge is 0.0462 e. The molecule has 0 spiro atoms. The van der Waals surface area contributed by atoms with Crippen LogP contribution in [0.25, 0.3) is 0 Å². The van der Waals surface area contributed by atoms with Gasteiger partial charge in [-0.1, -0.05) is 26.2 Å². The van der Waals surface area contributed by atoms with Crippen LogP contribution in [0.1, 0.15) is 45.4 Å². The van der Waals surface area contributed by atoms with Crippen LogP contribution in [0.15, 0.2) is 0 Å². The molecule has 0 unspecified atom stereocenters. The van der Waals surface area contributed by atoms with Crippen molar-refractivity contribution in [2.24, 2.45) is 0 Å². The van der Waals surface area contributed by atoms with Gasteiger partial charge in [-0.3, -0.25) is 0 Å². The molecule has 2 heteroatoms. The van der Waals surface area contributed by atoms with Crippen LogP contribution < -0.4 is 0 Å². The minimum Gasteiger partial charge on any atom is -0.385 e. The molecule has 0 N–H and O–H groups in total. The normalized spacial score (nSPS) is 10.6. The lowest BCUT2D eigenvalue weighted by Crippen LogP contribution is -1.89. The molecule has 0 saturated heterocycles. The van der Waals surface area contributed by atoms with E-state index in [1.54, 1.807) is 7.11 Å². The third kappa shape index (κ3) is 12.3. The van der Waals surface area contributed by atoms with Crippen LogP contribution in [0.5, 0.6) is 0 Å². The average Bonchev–Trinajstić information content (AvgIpc) is 2.16. The second-order valence-corrected chi connectivity index (χ2v) is 4.60. The summed E-state index contributed by atoms with van der Waals surface area (Å²) in [5.41, 5.74) is 0. The summed E-state index contributed by atoms with van der Waals surface area (Å²) in [4.78, 5) is 0. The number of hydrogen-bond acceptors (Lipinski definition) is 2. The molecular formula is C11H24OS. The van der Waals surface area contributed by atoms with E-state index in [9.17, 15) is 0 Å². The molecule has 0 aliphatic heterocycles. The van der Waals surface area contributed by atoms with E-state index in [0.717, 1.165) is 6.61 Å². The maximum atomic E-state index is 5.00. The topological polar surface area (TPSA) is 9.23 Å². The summed E-state index contributed by atoms with van der Waals surface area (Å²) in [6.45, 7) is 3.19. The lowest BCUT2D eigenvalue weighted by Gasteiger charge is -2.01. The lowest BCUT2D eigenvalue weighted by molar-refractivity contribution is 0.192. The van der Waals surface area contributed by atoms with Crippen molar-refractivity contribution in [2.75, 3.05) is 25.2 Å². The summed E-state index contributed by atoms with van der Waals surface area (Å²) in [7, 11) is 1.78. The van der Waals surface area contributed by atoms with Gasteiger partial charge in [0, 0.05) is 13.7 Å². The van der Waals surface area contributed by atoms with Crippen molar-refractivity contribution in [3.05, 3.63) is 0 Å². The Morgan fingerprint density at radius 3 is 2.31 bits per heavy atom. The van der Waals surface area contributed by atoms with Crippen molar-refractivity contribution in [3.8, 4) is 0 Å². The first-order valence-corrected chi connectivity index (χ1v) is 6.64. The van der Waals surface area contributed by atoms with Crippen LogP contribution in [0, 0.1) is 0 Å². The van der Waals surface area contributed by atoms with E-state index < -0.39 is 0 Å². The Labute approximate surface area is 87.6 Å². The van der Waals surface area contributed by atoms with Gasteiger partial charge in [-0.15, -0.1) is 0 Å². The first-order chi connectivity index (χ1) is 6.41. The van der Waals surface area contributed by atoms with Crippen LogP contribution in [0.2, 0.25) is 0 Å². The Hall–Kier alpha value is 0.310. The molecule has 1 nitrogen and oxygen atoms in total. The maximum Gasteiger partial charge on any atom is 0.0462 e. The Balaban J connectivity index is 2.76. The molecule has 0 radical (unpaired) electrons. The van der Waals surface area contributed by atoms with E-state index in [4.69, 9.17) is 4.74 Å². The molecule has 0 heterocycles. The highest BCUT2D eigenvalue weighted by Crippen LogP contribution is 2.09. The molecule has 0 amide bonds. The number of thioether (sulfide) groups is 1. The zero-order valence-corrected chi connectivity index (χ0v) is 10.00. The first kappa shape index (κ1) is 13.3.